The number of esters is 1. The molecule has 0 aromatic heterocycles. The van der Waals surface area contributed by atoms with Crippen molar-refractivity contribution in [1.29, 1.82) is 0 Å². The second kappa shape index (κ2) is 11.8. The van der Waals surface area contributed by atoms with Gasteiger partial charge in [0.25, 0.3) is 0 Å². The Morgan fingerprint density at radius 3 is 2.19 bits per heavy atom. The summed E-state index contributed by atoms with van der Waals surface area (Å²) < 4.78 is 4.87. The zero-order valence-corrected chi connectivity index (χ0v) is 10.5. The van der Waals surface area contributed by atoms with Crippen LogP contribution in [0.1, 0.15) is 40.5 Å². The summed E-state index contributed by atoms with van der Waals surface area (Å²) in [6, 6.07) is 0. The predicted octanol–water partition coefficient (Wildman–Crippen LogP) is 2.63. The summed E-state index contributed by atoms with van der Waals surface area (Å²) in [4.78, 5) is 20.1. The van der Waals surface area contributed by atoms with E-state index in [1.807, 2.05) is 0 Å². The molecule has 94 valence electrons. The average molecular weight is 230 g/mol. The molecule has 0 aliphatic rings. The Bertz CT molecular complexity index is 219. The van der Waals surface area contributed by atoms with E-state index in [1.54, 1.807) is 19.9 Å². The second-order valence-electron chi connectivity index (χ2n) is 3.60. The van der Waals surface area contributed by atoms with Crippen molar-refractivity contribution in [2.45, 2.75) is 40.5 Å². The topological polar surface area (TPSA) is 63.6 Å². The van der Waals surface area contributed by atoms with E-state index < -0.39 is 5.97 Å². The lowest BCUT2D eigenvalue weighted by molar-refractivity contribution is -0.138. The Morgan fingerprint density at radius 1 is 1.38 bits per heavy atom. The molecule has 0 spiro atoms. The van der Waals surface area contributed by atoms with Gasteiger partial charge >= 0.3 is 11.9 Å². The smallest absolute Gasteiger partial charge is 0.330 e. The fourth-order valence-electron chi connectivity index (χ4n) is 0.579. The van der Waals surface area contributed by atoms with Gasteiger partial charge in [-0.2, -0.15) is 0 Å². The molecule has 4 nitrogen and oxygen atoms in total. The van der Waals surface area contributed by atoms with Crippen LogP contribution in [0.3, 0.4) is 0 Å². The number of ether oxygens (including phenoxy) is 1. The molecule has 16 heavy (non-hydrogen) atoms. The minimum absolute atomic E-state index is 0.222. The van der Waals surface area contributed by atoms with E-state index in [-0.39, 0.29) is 12.4 Å². The quantitative estimate of drug-likeness (QED) is 0.582. The first-order valence-electron chi connectivity index (χ1n) is 5.45. The highest BCUT2D eigenvalue weighted by Gasteiger charge is 1.97. The van der Waals surface area contributed by atoms with Crippen LogP contribution in [0.15, 0.2) is 12.2 Å². The van der Waals surface area contributed by atoms with Crippen LogP contribution in [0.25, 0.3) is 0 Å². The molecule has 0 aliphatic carbocycles. The number of carbonyl (C=O) groups excluding carboxylic acids is 1. The van der Waals surface area contributed by atoms with E-state index in [2.05, 4.69) is 13.8 Å². The summed E-state index contributed by atoms with van der Waals surface area (Å²) in [5.74, 6) is -0.397. The maximum Gasteiger partial charge on any atom is 0.330 e. The Labute approximate surface area is 97.3 Å². The molecule has 4 heteroatoms. The van der Waals surface area contributed by atoms with Crippen molar-refractivity contribution in [3.63, 3.8) is 0 Å². The first kappa shape index (κ1) is 17.1. The van der Waals surface area contributed by atoms with Gasteiger partial charge in [-0.25, -0.2) is 4.79 Å². The zero-order chi connectivity index (χ0) is 13.0. The molecule has 0 saturated heterocycles. The third-order valence-corrected chi connectivity index (χ3v) is 1.54. The van der Waals surface area contributed by atoms with Crippen LogP contribution >= 0.6 is 0 Å². The molecule has 0 aliphatic heterocycles. The first-order valence-corrected chi connectivity index (χ1v) is 5.45. The Kier molecular flexibility index (Phi) is 12.6. The molecule has 0 rings (SSSR count). The molecule has 0 heterocycles. The summed E-state index contributed by atoms with van der Waals surface area (Å²) in [6.45, 7) is 8.12. The first-order chi connectivity index (χ1) is 7.43. The molecule has 0 amide bonds. The number of aliphatic carboxylic acids is 1. The second-order valence-corrected chi connectivity index (χ2v) is 3.60. The van der Waals surface area contributed by atoms with E-state index in [0.29, 0.717) is 12.5 Å². The maximum atomic E-state index is 10.7. The third kappa shape index (κ3) is 18.5. The highest BCUT2D eigenvalue weighted by molar-refractivity contribution is 5.81. The lowest BCUT2D eigenvalue weighted by Gasteiger charge is -2.03. The predicted molar refractivity (Wildman–Crippen MR) is 63.2 cm³/mol. The van der Waals surface area contributed by atoms with Crippen molar-refractivity contribution in [3.8, 4) is 0 Å². The van der Waals surface area contributed by atoms with Crippen LogP contribution < -0.4 is 0 Å². The van der Waals surface area contributed by atoms with Gasteiger partial charge in [0.15, 0.2) is 0 Å². The van der Waals surface area contributed by atoms with E-state index in [4.69, 9.17) is 9.84 Å². The Morgan fingerprint density at radius 2 is 1.88 bits per heavy atom. The van der Waals surface area contributed by atoms with Crippen LogP contribution in [0.2, 0.25) is 0 Å². The largest absolute Gasteiger partial charge is 0.481 e. The summed E-state index contributed by atoms with van der Waals surface area (Å²) in [5.41, 5.74) is 0. The van der Waals surface area contributed by atoms with Crippen LogP contribution in [0.5, 0.6) is 0 Å². The molecule has 0 fully saturated rings. The Balaban J connectivity index is 0. The zero-order valence-electron chi connectivity index (χ0n) is 10.5. The van der Waals surface area contributed by atoms with Gasteiger partial charge in [-0.1, -0.05) is 26.8 Å². The molecule has 0 aromatic rings. The van der Waals surface area contributed by atoms with E-state index >= 15 is 0 Å². The number of carbonyl (C=O) groups is 2. The SMILES string of the molecule is CC=CC(=O)OCCC(C)C.CCC(=O)O. The summed E-state index contributed by atoms with van der Waals surface area (Å²) in [6.07, 6.45) is 4.27. The molecule has 0 saturated carbocycles. The minimum Gasteiger partial charge on any atom is -0.481 e. The van der Waals surface area contributed by atoms with Gasteiger partial charge in [0.2, 0.25) is 0 Å². The molecule has 0 aromatic carbocycles. The standard InChI is InChI=1S/C9H16O2.C3H6O2/c1-4-5-9(10)11-7-6-8(2)3;1-2-3(4)5/h4-5,8H,6-7H2,1-3H3;2H2,1H3,(H,4,5). The van der Waals surface area contributed by atoms with Gasteiger partial charge in [0.1, 0.15) is 0 Å². The third-order valence-electron chi connectivity index (χ3n) is 1.54. The lowest BCUT2D eigenvalue weighted by atomic mass is 10.1. The fraction of sp³-hybridized carbons (Fsp3) is 0.667. The molecular formula is C12H22O4. The van der Waals surface area contributed by atoms with Gasteiger partial charge in [-0.05, 0) is 19.3 Å². The maximum absolute atomic E-state index is 10.7. The molecule has 0 bridgehead atoms. The number of rotatable bonds is 5. The minimum atomic E-state index is -0.745. The molecule has 1 N–H and O–H groups in total. The summed E-state index contributed by atoms with van der Waals surface area (Å²) in [7, 11) is 0. The number of hydrogen-bond donors (Lipinski definition) is 1. The van der Waals surface area contributed by atoms with Crippen LogP contribution in [0.4, 0.5) is 0 Å². The van der Waals surface area contributed by atoms with Gasteiger partial charge in [0.05, 0.1) is 6.61 Å². The van der Waals surface area contributed by atoms with Gasteiger partial charge in [-0.3, -0.25) is 4.79 Å². The number of carboxylic acid groups (broad SMARTS) is 1. The van der Waals surface area contributed by atoms with Gasteiger partial charge in [0, 0.05) is 12.5 Å². The number of carboxylic acids is 1. The normalized spacial score (nSPS) is 9.81. The molecular weight excluding hydrogens is 208 g/mol. The van der Waals surface area contributed by atoms with Crippen LogP contribution in [-0.2, 0) is 14.3 Å². The van der Waals surface area contributed by atoms with Crippen LogP contribution in [-0.4, -0.2) is 23.7 Å². The lowest BCUT2D eigenvalue weighted by Crippen LogP contribution is -2.04. The number of allylic oxidation sites excluding steroid dienone is 1. The van der Waals surface area contributed by atoms with Crippen molar-refractivity contribution in [2.75, 3.05) is 6.61 Å². The van der Waals surface area contributed by atoms with E-state index in [0.717, 1.165) is 6.42 Å². The Hall–Kier alpha value is -1.32. The van der Waals surface area contributed by atoms with Crippen molar-refractivity contribution in [1.82, 2.24) is 0 Å². The van der Waals surface area contributed by atoms with Crippen molar-refractivity contribution >= 4 is 11.9 Å². The van der Waals surface area contributed by atoms with E-state index in [1.165, 1.54) is 6.08 Å². The monoisotopic (exact) mass is 230 g/mol. The van der Waals surface area contributed by atoms with Crippen molar-refractivity contribution < 1.29 is 19.4 Å². The van der Waals surface area contributed by atoms with Gasteiger partial charge < -0.3 is 9.84 Å². The molecule has 0 unspecified atom stereocenters. The van der Waals surface area contributed by atoms with Gasteiger partial charge in [-0.15, -0.1) is 0 Å². The fourth-order valence-corrected chi connectivity index (χ4v) is 0.579. The molecule has 0 atom stereocenters. The van der Waals surface area contributed by atoms with E-state index in [9.17, 15) is 9.59 Å². The summed E-state index contributed by atoms with van der Waals surface area (Å²) in [5, 5.41) is 7.72. The summed E-state index contributed by atoms with van der Waals surface area (Å²) >= 11 is 0. The number of hydrogen-bond acceptors (Lipinski definition) is 3. The molecule has 0 radical (unpaired) electrons. The van der Waals surface area contributed by atoms with Crippen molar-refractivity contribution in [2.24, 2.45) is 5.92 Å². The highest BCUT2D eigenvalue weighted by atomic mass is 16.5. The van der Waals surface area contributed by atoms with Crippen molar-refractivity contribution in [3.05, 3.63) is 12.2 Å². The highest BCUT2D eigenvalue weighted by Crippen LogP contribution is 1.98. The van der Waals surface area contributed by atoms with Crippen LogP contribution in [0, 0.1) is 5.92 Å². The average Bonchev–Trinajstić information content (AvgIpc) is 2.18.